The maximum Gasteiger partial charge on any atom is 0.219 e. The Labute approximate surface area is 408 Å². The predicted molar refractivity (Wildman–Crippen MR) is 273 cm³/mol. The number of amides is 1. The van der Waals surface area contributed by atoms with Crippen LogP contribution in [-0.4, -0.2) is 120 Å². The van der Waals surface area contributed by atoms with Crippen LogP contribution in [0.5, 0.6) is 5.75 Å². The Kier molecular flexibility index (Phi) is 13.1. The molecule has 11 rings (SSSR count). The summed E-state index contributed by atoms with van der Waals surface area (Å²) in [5, 5.41) is 28.3. The van der Waals surface area contributed by atoms with E-state index in [0.29, 0.717) is 63.2 Å². The van der Waals surface area contributed by atoms with Crippen molar-refractivity contribution < 1.29 is 19.7 Å². The highest BCUT2D eigenvalue weighted by Gasteiger charge is 2.32. The van der Waals surface area contributed by atoms with Crippen molar-refractivity contribution in [3.8, 4) is 28.3 Å². The lowest BCUT2D eigenvalue weighted by Gasteiger charge is -2.36. The van der Waals surface area contributed by atoms with Crippen LogP contribution in [0.3, 0.4) is 0 Å². The lowest BCUT2D eigenvalue weighted by Crippen LogP contribution is -2.41. The van der Waals surface area contributed by atoms with Crippen LogP contribution in [-0.2, 0) is 24.3 Å². The number of benzene rings is 4. The van der Waals surface area contributed by atoms with E-state index < -0.39 is 12.2 Å². The van der Waals surface area contributed by atoms with E-state index in [-0.39, 0.29) is 24.5 Å². The highest BCUT2D eigenvalue weighted by atomic mass is 16.5. The highest BCUT2D eigenvalue weighted by Crippen LogP contribution is 2.39. The van der Waals surface area contributed by atoms with Gasteiger partial charge in [0.2, 0.25) is 5.91 Å². The zero-order valence-corrected chi connectivity index (χ0v) is 39.6. The van der Waals surface area contributed by atoms with Crippen LogP contribution in [0.1, 0.15) is 59.7 Å². The number of aromatic nitrogens is 5. The average Bonchev–Trinajstić information content (AvgIpc) is 3.83. The number of likely N-dealkylation sites (tertiary alicyclic amines) is 1. The van der Waals surface area contributed by atoms with Crippen LogP contribution in [0, 0.1) is 0 Å². The van der Waals surface area contributed by atoms with E-state index in [1.165, 1.54) is 22.3 Å². The van der Waals surface area contributed by atoms with Gasteiger partial charge in [-0.1, -0.05) is 84.9 Å². The van der Waals surface area contributed by atoms with E-state index >= 15 is 0 Å². The summed E-state index contributed by atoms with van der Waals surface area (Å²) in [5.41, 5.74) is 10.7. The Hall–Kier alpha value is -7.03. The van der Waals surface area contributed by atoms with Crippen molar-refractivity contribution in [1.29, 1.82) is 0 Å². The number of carbonyl (C=O) groups excluding carboxylic acids is 1. The van der Waals surface area contributed by atoms with E-state index in [2.05, 4.69) is 115 Å². The van der Waals surface area contributed by atoms with Gasteiger partial charge in [-0.15, -0.1) is 0 Å². The summed E-state index contributed by atoms with van der Waals surface area (Å²) >= 11 is 0. The van der Waals surface area contributed by atoms with Gasteiger partial charge in [0, 0.05) is 118 Å². The zero-order chi connectivity index (χ0) is 47.6. The standard InChI is InChI=1S/C57H59N9O4/c1-38(67)65-26-20-45(21-27-65)66-28-22-51-55(61-56(62-57(51)66)42-18-24-58-53(30-42)60-31-46(68)34-63-25-19-39-9-2-3-10-43(39)32-63)52-36-64(33-44-11-4-5-16-49(44)52)35-47(69)37-70-48-15-6-13-41(29-48)50-17-7-12-40-14-8-23-59-54(40)50/h2-18,22-24,28-30,45-47,52,68-69H,19-21,25-27,31-37H2,1H3,(H,58,60)/t46?,47-,52?/m1/s1. The monoisotopic (exact) mass is 933 g/mol. The quantitative estimate of drug-likeness (QED) is 0.0973. The lowest BCUT2D eigenvalue weighted by molar-refractivity contribution is -0.130. The van der Waals surface area contributed by atoms with Gasteiger partial charge in [-0.2, -0.15) is 0 Å². The third-order valence-corrected chi connectivity index (χ3v) is 14.4. The first-order chi connectivity index (χ1) is 34.3. The second kappa shape index (κ2) is 20.1. The van der Waals surface area contributed by atoms with Crippen molar-refractivity contribution in [3.05, 3.63) is 168 Å². The molecule has 2 unspecified atom stereocenters. The molecule has 0 spiro atoms. The smallest absolute Gasteiger partial charge is 0.219 e. The molecule has 3 aliphatic heterocycles. The molecule has 356 valence electrons. The SMILES string of the molecule is CC(=O)N1CCC(n2ccc3c(C4CN(C[C@@H](O)COc5cccc(-c6cccc7cccnc67)c5)Cc5ccccc54)nc(-c4ccnc(NCC(O)CN5CCc6ccccc6C5)c4)nc32)CC1. The van der Waals surface area contributed by atoms with E-state index in [4.69, 9.17) is 14.7 Å². The second-order valence-corrected chi connectivity index (χ2v) is 19.2. The minimum atomic E-state index is -0.755. The number of nitrogens with one attached hydrogen (secondary N) is 1. The van der Waals surface area contributed by atoms with E-state index in [1.54, 1.807) is 13.1 Å². The van der Waals surface area contributed by atoms with Crippen LogP contribution >= 0.6 is 0 Å². The lowest BCUT2D eigenvalue weighted by atomic mass is 9.86. The molecule has 1 saturated heterocycles. The van der Waals surface area contributed by atoms with E-state index in [9.17, 15) is 15.0 Å². The van der Waals surface area contributed by atoms with Crippen LogP contribution in [0.4, 0.5) is 5.82 Å². The highest BCUT2D eigenvalue weighted by molar-refractivity contribution is 5.93. The van der Waals surface area contributed by atoms with Crippen molar-refractivity contribution in [2.75, 3.05) is 57.7 Å². The third-order valence-electron chi connectivity index (χ3n) is 14.4. The number of fused-ring (bicyclic) bond motifs is 4. The van der Waals surface area contributed by atoms with Crippen LogP contribution < -0.4 is 10.1 Å². The van der Waals surface area contributed by atoms with Crippen LogP contribution in [0.25, 0.3) is 44.5 Å². The Morgan fingerprint density at radius 1 is 0.757 bits per heavy atom. The minimum absolute atomic E-state index is 0.107. The van der Waals surface area contributed by atoms with E-state index in [0.717, 1.165) is 76.7 Å². The third kappa shape index (κ3) is 9.75. The van der Waals surface area contributed by atoms with Crippen molar-refractivity contribution in [2.24, 2.45) is 0 Å². The predicted octanol–water partition coefficient (Wildman–Crippen LogP) is 8.11. The molecule has 3 aliphatic rings. The number of pyridine rings is 2. The summed E-state index contributed by atoms with van der Waals surface area (Å²) in [5.74, 6) is 1.90. The molecule has 1 amide bonds. The second-order valence-electron chi connectivity index (χ2n) is 19.2. The van der Waals surface area contributed by atoms with Crippen LogP contribution in [0.2, 0.25) is 0 Å². The number of rotatable bonds is 14. The summed E-state index contributed by atoms with van der Waals surface area (Å²) in [6.07, 6.45) is 7.03. The molecule has 0 bridgehead atoms. The molecule has 4 aromatic carbocycles. The molecule has 0 radical (unpaired) electrons. The molecule has 8 aromatic rings. The normalized spacial score (nSPS) is 17.5. The molecule has 0 aliphatic carbocycles. The van der Waals surface area contributed by atoms with Crippen molar-refractivity contribution in [3.63, 3.8) is 0 Å². The summed E-state index contributed by atoms with van der Waals surface area (Å²) in [4.78, 5) is 38.9. The number of aliphatic hydroxyl groups is 2. The van der Waals surface area contributed by atoms with Gasteiger partial charge in [-0.05, 0) is 83.5 Å². The van der Waals surface area contributed by atoms with Gasteiger partial charge in [0.25, 0.3) is 0 Å². The fraction of sp³-hybridized carbons (Fsp3) is 0.316. The van der Waals surface area contributed by atoms with Gasteiger partial charge < -0.3 is 29.7 Å². The Morgan fingerprint density at radius 2 is 1.54 bits per heavy atom. The first kappa shape index (κ1) is 45.4. The minimum Gasteiger partial charge on any atom is -0.491 e. The van der Waals surface area contributed by atoms with Crippen molar-refractivity contribution in [1.82, 2.24) is 39.2 Å². The average molecular weight is 934 g/mol. The molecular formula is C57H59N9O4. The van der Waals surface area contributed by atoms with Crippen molar-refractivity contribution in [2.45, 2.75) is 63.4 Å². The van der Waals surface area contributed by atoms with Gasteiger partial charge in [-0.3, -0.25) is 19.6 Å². The molecule has 13 heteroatoms. The molecule has 0 saturated carbocycles. The van der Waals surface area contributed by atoms with E-state index in [1.807, 2.05) is 53.6 Å². The summed E-state index contributed by atoms with van der Waals surface area (Å²) in [6, 6.07) is 41.5. The number of ether oxygens (including phenoxy) is 1. The number of para-hydroxylation sites is 1. The fourth-order valence-corrected chi connectivity index (χ4v) is 10.9. The molecule has 13 nitrogen and oxygen atoms in total. The Balaban J connectivity index is 0.846. The Bertz CT molecular complexity index is 3140. The zero-order valence-electron chi connectivity index (χ0n) is 39.6. The molecule has 70 heavy (non-hydrogen) atoms. The number of piperidine rings is 1. The first-order valence-corrected chi connectivity index (χ1v) is 24.7. The van der Waals surface area contributed by atoms with Gasteiger partial charge in [0.1, 0.15) is 29.9 Å². The van der Waals surface area contributed by atoms with Gasteiger partial charge in [-0.25, -0.2) is 15.0 Å². The van der Waals surface area contributed by atoms with Gasteiger partial charge in [0.05, 0.1) is 17.3 Å². The number of β-amino-alcohol motifs (C(OH)–C–C–N with tert-alkyl or cyclic N) is 2. The Morgan fingerprint density at radius 3 is 2.41 bits per heavy atom. The molecule has 3 atom stereocenters. The maximum atomic E-state index is 12.3. The number of hydrogen-bond donors (Lipinski definition) is 3. The molecule has 4 aromatic heterocycles. The number of nitrogens with zero attached hydrogens (tertiary/aromatic N) is 8. The fourth-order valence-electron chi connectivity index (χ4n) is 10.9. The van der Waals surface area contributed by atoms with Crippen molar-refractivity contribution >= 4 is 33.7 Å². The van der Waals surface area contributed by atoms with Crippen LogP contribution in [0.15, 0.2) is 140 Å². The molecule has 7 heterocycles. The number of hydrogen-bond acceptors (Lipinski definition) is 11. The number of anilines is 1. The van der Waals surface area contributed by atoms with Gasteiger partial charge >= 0.3 is 0 Å². The summed E-state index contributed by atoms with van der Waals surface area (Å²) in [7, 11) is 0. The molecular weight excluding hydrogens is 875 g/mol. The number of aliphatic hydroxyl groups excluding tert-OH is 2. The molecule has 3 N–H and O–H groups in total. The molecule has 1 fully saturated rings. The number of carbonyl (C=O) groups is 1. The summed E-state index contributed by atoms with van der Waals surface area (Å²) < 4.78 is 8.57. The first-order valence-electron chi connectivity index (χ1n) is 24.7. The largest absolute Gasteiger partial charge is 0.491 e. The van der Waals surface area contributed by atoms with Gasteiger partial charge in [0.15, 0.2) is 5.82 Å². The maximum absolute atomic E-state index is 12.3. The summed E-state index contributed by atoms with van der Waals surface area (Å²) in [6.45, 7) is 7.56. The topological polar surface area (TPSA) is 145 Å².